The van der Waals surface area contributed by atoms with Crippen LogP contribution in [0.2, 0.25) is 0 Å². The highest BCUT2D eigenvalue weighted by Crippen LogP contribution is 2.46. The minimum atomic E-state index is 0.902. The van der Waals surface area contributed by atoms with Gasteiger partial charge in [-0.1, -0.05) is 158 Å². The molecule has 0 saturated carbocycles. The number of fused-ring (bicyclic) bond motifs is 9. The maximum atomic E-state index is 5.61. The molecule has 9 aromatic rings. The van der Waals surface area contributed by atoms with E-state index in [1.54, 1.807) is 0 Å². The van der Waals surface area contributed by atoms with Gasteiger partial charge in [0.1, 0.15) is 0 Å². The summed E-state index contributed by atoms with van der Waals surface area (Å²) in [5.41, 5.74) is 21.5. The maximum absolute atomic E-state index is 5.61. The SMILES string of the molecule is c1ccc(-c2cc(-c3cccc4c3Cc3ccccc3-4)nc3c2ccc2c(-c4ccccc4)cc(-c4cccc5c4Cc4ccccc4-5)nc23)cc1. The molecular weight excluding hydrogens is 629 g/mol. The van der Waals surface area contributed by atoms with Crippen LogP contribution in [0.5, 0.6) is 0 Å². The average Bonchev–Trinajstić information content (AvgIpc) is 3.79. The number of hydrogen-bond acceptors (Lipinski definition) is 2. The van der Waals surface area contributed by atoms with E-state index >= 15 is 0 Å². The highest BCUT2D eigenvalue weighted by atomic mass is 14.8. The van der Waals surface area contributed by atoms with Crippen LogP contribution in [0.15, 0.2) is 170 Å². The third-order valence-corrected chi connectivity index (χ3v) is 11.2. The molecule has 2 aromatic heterocycles. The first kappa shape index (κ1) is 29.1. The van der Waals surface area contributed by atoms with Gasteiger partial charge in [-0.05, 0) is 91.7 Å². The molecule has 0 N–H and O–H groups in total. The fourth-order valence-electron chi connectivity index (χ4n) is 8.76. The van der Waals surface area contributed by atoms with Crippen molar-refractivity contribution in [2.75, 3.05) is 0 Å². The normalized spacial score (nSPS) is 12.5. The lowest BCUT2D eigenvalue weighted by molar-refractivity contribution is 1.25. The van der Waals surface area contributed by atoms with Crippen LogP contribution in [0.25, 0.3) is 88.8 Å². The van der Waals surface area contributed by atoms with Gasteiger partial charge in [0.25, 0.3) is 0 Å². The monoisotopic (exact) mass is 660 g/mol. The minimum Gasteiger partial charge on any atom is -0.245 e. The summed E-state index contributed by atoms with van der Waals surface area (Å²) in [6.07, 6.45) is 1.80. The molecule has 11 rings (SSSR count). The van der Waals surface area contributed by atoms with Gasteiger partial charge in [0.2, 0.25) is 0 Å². The predicted octanol–water partition coefficient (Wildman–Crippen LogP) is 12.6. The summed E-state index contributed by atoms with van der Waals surface area (Å²) >= 11 is 0. The Bertz CT molecular complexity index is 2690. The lowest BCUT2D eigenvalue weighted by Gasteiger charge is -2.17. The number of aromatic nitrogens is 2. The fourth-order valence-corrected chi connectivity index (χ4v) is 8.76. The average molecular weight is 661 g/mol. The van der Waals surface area contributed by atoms with Gasteiger partial charge in [-0.3, -0.25) is 0 Å². The van der Waals surface area contributed by atoms with Gasteiger partial charge in [0.05, 0.1) is 22.4 Å². The molecule has 0 fully saturated rings. The minimum absolute atomic E-state index is 0.902. The van der Waals surface area contributed by atoms with E-state index in [0.717, 1.165) is 46.0 Å². The van der Waals surface area contributed by atoms with Gasteiger partial charge < -0.3 is 0 Å². The third-order valence-electron chi connectivity index (χ3n) is 11.2. The Morgan fingerprint density at radius 2 is 0.692 bits per heavy atom. The Labute approximate surface area is 302 Å². The van der Waals surface area contributed by atoms with E-state index in [4.69, 9.17) is 9.97 Å². The molecule has 7 aromatic carbocycles. The van der Waals surface area contributed by atoms with Crippen molar-refractivity contribution in [3.8, 4) is 67.0 Å². The van der Waals surface area contributed by atoms with Gasteiger partial charge in [-0.25, -0.2) is 9.97 Å². The van der Waals surface area contributed by atoms with Crippen molar-refractivity contribution >= 4 is 21.8 Å². The van der Waals surface area contributed by atoms with Crippen molar-refractivity contribution in [2.45, 2.75) is 12.8 Å². The molecular formula is C50H32N2. The van der Waals surface area contributed by atoms with Gasteiger partial charge >= 0.3 is 0 Å². The molecule has 2 aliphatic carbocycles. The summed E-state index contributed by atoms with van der Waals surface area (Å²) in [6, 6.07) is 61.6. The van der Waals surface area contributed by atoms with Gasteiger partial charge in [0, 0.05) is 21.9 Å². The van der Waals surface area contributed by atoms with Crippen LogP contribution < -0.4 is 0 Å². The van der Waals surface area contributed by atoms with Crippen molar-refractivity contribution in [1.82, 2.24) is 9.97 Å². The lowest BCUT2D eigenvalue weighted by Crippen LogP contribution is -1.98. The first-order valence-corrected chi connectivity index (χ1v) is 18.1. The summed E-state index contributed by atoms with van der Waals surface area (Å²) in [5, 5.41) is 2.21. The number of benzene rings is 7. The largest absolute Gasteiger partial charge is 0.245 e. The summed E-state index contributed by atoms with van der Waals surface area (Å²) < 4.78 is 0. The highest BCUT2D eigenvalue weighted by Gasteiger charge is 2.25. The van der Waals surface area contributed by atoms with Gasteiger partial charge in [-0.15, -0.1) is 0 Å². The molecule has 242 valence electrons. The van der Waals surface area contributed by atoms with E-state index in [0.29, 0.717) is 0 Å². The van der Waals surface area contributed by atoms with Crippen LogP contribution in [0.1, 0.15) is 22.3 Å². The first-order chi connectivity index (χ1) is 25.8. The zero-order valence-corrected chi connectivity index (χ0v) is 28.5. The summed E-state index contributed by atoms with van der Waals surface area (Å²) in [6.45, 7) is 0. The molecule has 0 spiro atoms. The molecule has 0 amide bonds. The zero-order chi connectivity index (χ0) is 34.2. The van der Waals surface area contributed by atoms with Crippen LogP contribution in [0.3, 0.4) is 0 Å². The van der Waals surface area contributed by atoms with Crippen molar-refractivity contribution in [1.29, 1.82) is 0 Å². The van der Waals surface area contributed by atoms with Crippen LogP contribution in [-0.2, 0) is 12.8 Å². The van der Waals surface area contributed by atoms with Crippen molar-refractivity contribution < 1.29 is 0 Å². The van der Waals surface area contributed by atoms with E-state index in [1.165, 1.54) is 77.9 Å². The number of hydrogen-bond donors (Lipinski definition) is 0. The standard InChI is InChI=1S/C50H32N2/c1-3-13-31(14-4-1)43-29-47(39-23-11-21-37-35-19-9-7-17-33(35)27-45(37)39)51-49-41(43)25-26-42-44(32-15-5-2-6-16-32)30-48(52-50(42)49)40-24-12-22-38-36-20-10-8-18-34(36)28-46(38)40/h1-26,29-30H,27-28H2. The van der Waals surface area contributed by atoms with Crippen LogP contribution in [-0.4, -0.2) is 9.97 Å². The molecule has 2 heteroatoms. The third kappa shape index (κ3) is 4.44. The molecule has 0 saturated heterocycles. The van der Waals surface area contributed by atoms with Crippen LogP contribution in [0.4, 0.5) is 0 Å². The maximum Gasteiger partial charge on any atom is 0.0978 e. The molecule has 2 heterocycles. The van der Waals surface area contributed by atoms with E-state index in [1.807, 2.05) is 0 Å². The van der Waals surface area contributed by atoms with E-state index < -0.39 is 0 Å². The van der Waals surface area contributed by atoms with Gasteiger partial charge in [-0.2, -0.15) is 0 Å². The molecule has 0 aliphatic heterocycles. The number of pyridine rings is 2. The Hall–Kier alpha value is -6.64. The fraction of sp³-hybridized carbons (Fsp3) is 0.0400. The Balaban J connectivity index is 1.22. The highest BCUT2D eigenvalue weighted by molar-refractivity contribution is 6.13. The second-order valence-electron chi connectivity index (χ2n) is 14.0. The number of rotatable bonds is 4. The van der Waals surface area contributed by atoms with Crippen LogP contribution in [0, 0.1) is 0 Å². The molecule has 0 atom stereocenters. The van der Waals surface area contributed by atoms with E-state index in [-0.39, 0.29) is 0 Å². The van der Waals surface area contributed by atoms with Gasteiger partial charge in [0.15, 0.2) is 0 Å². The van der Waals surface area contributed by atoms with Crippen molar-refractivity contribution in [3.05, 3.63) is 192 Å². The van der Waals surface area contributed by atoms with Crippen molar-refractivity contribution in [2.24, 2.45) is 0 Å². The quantitative estimate of drug-likeness (QED) is 0.176. The molecule has 0 bridgehead atoms. The van der Waals surface area contributed by atoms with E-state index in [2.05, 4.69) is 170 Å². The lowest BCUT2D eigenvalue weighted by atomic mass is 9.92. The molecule has 2 aliphatic rings. The second-order valence-corrected chi connectivity index (χ2v) is 14.0. The predicted molar refractivity (Wildman–Crippen MR) is 215 cm³/mol. The summed E-state index contributed by atoms with van der Waals surface area (Å²) in [4.78, 5) is 11.2. The Kier molecular flexibility index (Phi) is 6.41. The molecule has 2 nitrogen and oxygen atoms in total. The Morgan fingerprint density at radius 1 is 0.308 bits per heavy atom. The smallest absolute Gasteiger partial charge is 0.0978 e. The van der Waals surface area contributed by atoms with Crippen molar-refractivity contribution in [3.63, 3.8) is 0 Å². The summed E-state index contributed by atoms with van der Waals surface area (Å²) in [5.74, 6) is 0. The topological polar surface area (TPSA) is 25.8 Å². The molecule has 52 heavy (non-hydrogen) atoms. The van der Waals surface area contributed by atoms with Crippen LogP contribution >= 0.6 is 0 Å². The summed E-state index contributed by atoms with van der Waals surface area (Å²) in [7, 11) is 0. The van der Waals surface area contributed by atoms with E-state index in [9.17, 15) is 0 Å². The first-order valence-electron chi connectivity index (χ1n) is 18.1. The zero-order valence-electron chi connectivity index (χ0n) is 28.5. The number of nitrogens with zero attached hydrogens (tertiary/aromatic N) is 2. The molecule has 0 radical (unpaired) electrons. The second kappa shape index (κ2) is 11.4. The Morgan fingerprint density at radius 3 is 1.15 bits per heavy atom. The molecule has 0 unspecified atom stereocenters.